The number of hydrogen-bond donors (Lipinski definition) is 2. The van der Waals surface area contributed by atoms with Crippen LogP contribution in [0.25, 0.3) is 0 Å². The van der Waals surface area contributed by atoms with Crippen molar-refractivity contribution in [2.75, 3.05) is 10.6 Å². The molecule has 132 valence electrons. The Hall–Kier alpha value is -3.49. The van der Waals surface area contributed by atoms with Gasteiger partial charge in [0.25, 0.3) is 5.91 Å². The first kappa shape index (κ1) is 17.3. The summed E-state index contributed by atoms with van der Waals surface area (Å²) in [6, 6.07) is 8.09. The molecule has 0 unspecified atom stereocenters. The maximum Gasteiger partial charge on any atom is 0.274 e. The number of benzene rings is 2. The van der Waals surface area contributed by atoms with E-state index in [1.807, 2.05) is 0 Å². The number of amides is 1. The van der Waals surface area contributed by atoms with Crippen molar-refractivity contribution in [1.29, 1.82) is 0 Å². The fourth-order valence-electron chi connectivity index (χ4n) is 2.02. The Balaban J connectivity index is 1.79. The van der Waals surface area contributed by atoms with Gasteiger partial charge in [0, 0.05) is 11.9 Å². The molecule has 26 heavy (non-hydrogen) atoms. The Kier molecular flexibility index (Phi) is 4.78. The Labute approximate surface area is 144 Å². The van der Waals surface area contributed by atoms with Crippen LogP contribution in [0.15, 0.2) is 48.7 Å². The Morgan fingerprint density at radius 2 is 1.62 bits per heavy atom. The van der Waals surface area contributed by atoms with Gasteiger partial charge in [0.2, 0.25) is 5.95 Å². The van der Waals surface area contributed by atoms with Crippen LogP contribution in [-0.2, 0) is 0 Å². The van der Waals surface area contributed by atoms with E-state index in [-0.39, 0.29) is 17.3 Å². The smallest absolute Gasteiger partial charge is 0.274 e. The van der Waals surface area contributed by atoms with Crippen LogP contribution in [0.2, 0.25) is 0 Å². The first-order chi connectivity index (χ1) is 12.4. The molecule has 0 atom stereocenters. The van der Waals surface area contributed by atoms with Crippen LogP contribution in [0.3, 0.4) is 0 Å². The van der Waals surface area contributed by atoms with E-state index in [1.54, 1.807) is 0 Å². The van der Waals surface area contributed by atoms with E-state index in [9.17, 15) is 22.4 Å². The quantitative estimate of drug-likeness (QED) is 0.543. The third-order valence-corrected chi connectivity index (χ3v) is 3.27. The summed E-state index contributed by atoms with van der Waals surface area (Å²) >= 11 is 0. The average Bonchev–Trinajstić information content (AvgIpc) is 2.64. The maximum atomic E-state index is 13.7. The highest BCUT2D eigenvalue weighted by Crippen LogP contribution is 2.22. The van der Waals surface area contributed by atoms with Gasteiger partial charge in [-0.15, -0.1) is 0 Å². The van der Waals surface area contributed by atoms with Crippen molar-refractivity contribution >= 4 is 23.2 Å². The molecular weight excluding hydrogens is 352 g/mol. The molecule has 5 nitrogen and oxygen atoms in total. The van der Waals surface area contributed by atoms with Crippen LogP contribution in [0, 0.1) is 23.3 Å². The number of aromatic nitrogens is 2. The number of anilines is 3. The molecule has 3 rings (SSSR count). The monoisotopic (exact) mass is 362 g/mol. The van der Waals surface area contributed by atoms with Gasteiger partial charge < -0.3 is 10.6 Å². The molecule has 1 amide bonds. The maximum absolute atomic E-state index is 13.7. The van der Waals surface area contributed by atoms with Gasteiger partial charge in [-0.05, 0) is 42.5 Å². The lowest BCUT2D eigenvalue weighted by atomic mass is 10.3. The standard InChI is InChI=1S/C17H10F4N4O/c18-9-1-3-10(4-2-9)23-16(26)13-7-8-22-17(25-13)24-12-6-5-11(19)14(20)15(12)21/h1-8H,(H,23,26)(H,22,24,25). The van der Waals surface area contributed by atoms with E-state index in [1.165, 1.54) is 36.5 Å². The lowest BCUT2D eigenvalue weighted by Crippen LogP contribution is -2.15. The van der Waals surface area contributed by atoms with Gasteiger partial charge >= 0.3 is 0 Å². The van der Waals surface area contributed by atoms with E-state index in [0.29, 0.717) is 5.69 Å². The predicted octanol–water partition coefficient (Wildman–Crippen LogP) is 4.03. The number of carbonyl (C=O) groups is 1. The number of hydrogen-bond acceptors (Lipinski definition) is 4. The summed E-state index contributed by atoms with van der Waals surface area (Å²) in [6.07, 6.45) is 1.23. The molecule has 0 aliphatic carbocycles. The SMILES string of the molecule is O=C(Nc1ccc(F)cc1)c1ccnc(Nc2ccc(F)c(F)c2F)n1. The topological polar surface area (TPSA) is 66.9 Å². The van der Waals surface area contributed by atoms with Crippen LogP contribution >= 0.6 is 0 Å². The van der Waals surface area contributed by atoms with Crippen molar-refractivity contribution in [1.82, 2.24) is 9.97 Å². The van der Waals surface area contributed by atoms with Crippen molar-refractivity contribution < 1.29 is 22.4 Å². The first-order valence-corrected chi connectivity index (χ1v) is 7.24. The Morgan fingerprint density at radius 3 is 2.35 bits per heavy atom. The molecule has 9 heteroatoms. The van der Waals surface area contributed by atoms with E-state index in [2.05, 4.69) is 20.6 Å². The van der Waals surface area contributed by atoms with Crippen LogP contribution in [-0.4, -0.2) is 15.9 Å². The summed E-state index contributed by atoms with van der Waals surface area (Å²) in [7, 11) is 0. The van der Waals surface area contributed by atoms with E-state index < -0.39 is 29.2 Å². The second-order valence-corrected chi connectivity index (χ2v) is 5.07. The zero-order chi connectivity index (χ0) is 18.7. The summed E-state index contributed by atoms with van der Waals surface area (Å²) < 4.78 is 52.8. The highest BCUT2D eigenvalue weighted by molar-refractivity contribution is 6.02. The summed E-state index contributed by atoms with van der Waals surface area (Å²) in [5, 5.41) is 4.87. The zero-order valence-corrected chi connectivity index (χ0v) is 12.9. The average molecular weight is 362 g/mol. The summed E-state index contributed by atoms with van der Waals surface area (Å²) in [4.78, 5) is 19.8. The lowest BCUT2D eigenvalue weighted by Gasteiger charge is -2.08. The molecule has 0 radical (unpaired) electrons. The molecule has 0 aliphatic heterocycles. The highest BCUT2D eigenvalue weighted by atomic mass is 19.2. The van der Waals surface area contributed by atoms with Crippen molar-refractivity contribution in [2.24, 2.45) is 0 Å². The minimum absolute atomic E-state index is 0.0742. The molecule has 0 aliphatic rings. The van der Waals surface area contributed by atoms with Gasteiger partial charge in [0.1, 0.15) is 11.5 Å². The van der Waals surface area contributed by atoms with Crippen LogP contribution in [0.4, 0.5) is 34.9 Å². The molecule has 2 aromatic carbocycles. The normalized spacial score (nSPS) is 10.5. The number of nitrogens with one attached hydrogen (secondary N) is 2. The number of halogens is 4. The van der Waals surface area contributed by atoms with Crippen molar-refractivity contribution in [2.45, 2.75) is 0 Å². The molecule has 1 aromatic heterocycles. The largest absolute Gasteiger partial charge is 0.322 e. The zero-order valence-electron chi connectivity index (χ0n) is 12.9. The van der Waals surface area contributed by atoms with E-state index in [0.717, 1.165) is 12.1 Å². The third kappa shape index (κ3) is 3.77. The molecule has 2 N–H and O–H groups in total. The van der Waals surface area contributed by atoms with Crippen molar-refractivity contribution in [3.63, 3.8) is 0 Å². The van der Waals surface area contributed by atoms with Crippen LogP contribution < -0.4 is 10.6 Å². The fourth-order valence-corrected chi connectivity index (χ4v) is 2.02. The Morgan fingerprint density at radius 1 is 0.885 bits per heavy atom. The van der Waals surface area contributed by atoms with Gasteiger partial charge in [-0.2, -0.15) is 0 Å². The van der Waals surface area contributed by atoms with Gasteiger partial charge in [0.15, 0.2) is 17.5 Å². The van der Waals surface area contributed by atoms with Crippen LogP contribution in [0.1, 0.15) is 10.5 Å². The molecule has 0 fully saturated rings. The van der Waals surface area contributed by atoms with Gasteiger partial charge in [-0.25, -0.2) is 27.5 Å². The van der Waals surface area contributed by atoms with Crippen LogP contribution in [0.5, 0.6) is 0 Å². The minimum atomic E-state index is -1.64. The lowest BCUT2D eigenvalue weighted by molar-refractivity contribution is 0.102. The van der Waals surface area contributed by atoms with E-state index >= 15 is 0 Å². The molecular formula is C17H10F4N4O. The molecule has 0 saturated carbocycles. The molecule has 1 heterocycles. The highest BCUT2D eigenvalue weighted by Gasteiger charge is 2.15. The molecule has 0 saturated heterocycles. The number of carbonyl (C=O) groups excluding carboxylic acids is 1. The molecule has 0 bridgehead atoms. The minimum Gasteiger partial charge on any atom is -0.322 e. The summed E-state index contributed by atoms with van der Waals surface area (Å²) in [5.74, 6) is -5.67. The predicted molar refractivity (Wildman–Crippen MR) is 86.0 cm³/mol. The number of rotatable bonds is 4. The molecule has 3 aromatic rings. The van der Waals surface area contributed by atoms with E-state index in [4.69, 9.17) is 0 Å². The summed E-state index contributed by atoms with van der Waals surface area (Å²) in [5.41, 5.74) is -0.119. The Bertz CT molecular complexity index is 963. The van der Waals surface area contributed by atoms with Gasteiger partial charge in [-0.1, -0.05) is 0 Å². The second-order valence-electron chi connectivity index (χ2n) is 5.07. The second kappa shape index (κ2) is 7.18. The molecule has 0 spiro atoms. The van der Waals surface area contributed by atoms with Crippen molar-refractivity contribution in [3.05, 3.63) is 77.6 Å². The van der Waals surface area contributed by atoms with Gasteiger partial charge in [-0.3, -0.25) is 4.79 Å². The summed E-state index contributed by atoms with van der Waals surface area (Å²) in [6.45, 7) is 0. The van der Waals surface area contributed by atoms with Gasteiger partial charge in [0.05, 0.1) is 5.69 Å². The van der Waals surface area contributed by atoms with Crippen molar-refractivity contribution in [3.8, 4) is 0 Å². The first-order valence-electron chi connectivity index (χ1n) is 7.24. The fraction of sp³-hybridized carbons (Fsp3) is 0. The third-order valence-electron chi connectivity index (χ3n) is 3.27. The number of nitrogens with zero attached hydrogens (tertiary/aromatic N) is 2.